The Balaban J connectivity index is 4.00. The number of hydrogen-bond acceptors (Lipinski definition) is 2. The van der Waals surface area contributed by atoms with Crippen LogP contribution in [-0.2, 0) is 0 Å². The summed E-state index contributed by atoms with van der Waals surface area (Å²) in [6.07, 6.45) is 1.29. The highest BCUT2D eigenvalue weighted by molar-refractivity contribution is 6.55. The molecule has 2 nitrogen and oxygen atoms in total. The van der Waals surface area contributed by atoms with Crippen molar-refractivity contribution in [1.82, 2.24) is 9.96 Å². The molecule has 0 rings (SSSR count). The van der Waals surface area contributed by atoms with E-state index < -0.39 is 9.12 Å². The molecule has 0 fully saturated rings. The fourth-order valence-electron chi connectivity index (χ4n) is 1.58. The van der Waals surface area contributed by atoms with Gasteiger partial charge in [0.05, 0.1) is 0 Å². The van der Waals surface area contributed by atoms with E-state index in [9.17, 15) is 0 Å². The van der Waals surface area contributed by atoms with Crippen LogP contribution in [0.4, 0.5) is 0 Å². The maximum Gasteiger partial charge on any atom is 0.187 e. The van der Waals surface area contributed by atoms with E-state index in [-0.39, 0.29) is 0 Å². The molecule has 2 N–H and O–H groups in total. The van der Waals surface area contributed by atoms with E-state index in [0.717, 1.165) is 24.5 Å². The highest BCUT2D eigenvalue weighted by atomic mass is 28.3. The molecule has 0 heterocycles. The molecule has 0 aromatic rings. The van der Waals surface area contributed by atoms with Crippen LogP contribution in [0.25, 0.3) is 0 Å². The van der Waals surface area contributed by atoms with Gasteiger partial charge in [-0.2, -0.15) is 0 Å². The summed E-state index contributed by atoms with van der Waals surface area (Å²) in [5.74, 6) is 0.842. The summed E-state index contributed by atoms with van der Waals surface area (Å²) in [6.45, 7) is 13.6. The molecule has 2 unspecified atom stereocenters. The highest BCUT2D eigenvalue weighted by Crippen LogP contribution is 2.21. The third-order valence-electron chi connectivity index (χ3n) is 2.92. The molecule has 2 atom stereocenters. The predicted molar refractivity (Wildman–Crippen MR) is 63.4 cm³/mol. The Labute approximate surface area is 85.3 Å². The van der Waals surface area contributed by atoms with Crippen molar-refractivity contribution in [2.24, 2.45) is 5.92 Å². The zero-order valence-electron chi connectivity index (χ0n) is 9.85. The van der Waals surface area contributed by atoms with E-state index in [1.165, 1.54) is 6.42 Å². The predicted octanol–water partition coefficient (Wildman–Crippen LogP) is 1.86. The second-order valence-corrected chi connectivity index (χ2v) is 6.66. The molecule has 0 aliphatic rings. The first kappa shape index (κ1) is 13.1. The summed E-state index contributed by atoms with van der Waals surface area (Å²) in [6, 6.07) is 0. The lowest BCUT2D eigenvalue weighted by Crippen LogP contribution is -2.51. The molecule has 0 aliphatic carbocycles. The molecule has 0 aromatic heterocycles. The van der Waals surface area contributed by atoms with E-state index in [2.05, 4.69) is 44.6 Å². The minimum atomic E-state index is -0.903. The molecule has 80 valence electrons. The minimum absolute atomic E-state index is 0.838. The molecule has 0 amide bonds. The summed E-state index contributed by atoms with van der Waals surface area (Å²) >= 11 is 0. The van der Waals surface area contributed by atoms with Crippen molar-refractivity contribution < 1.29 is 0 Å². The smallest absolute Gasteiger partial charge is 0.187 e. The minimum Gasteiger partial charge on any atom is -0.328 e. The van der Waals surface area contributed by atoms with Gasteiger partial charge in [0.1, 0.15) is 0 Å². The van der Waals surface area contributed by atoms with Crippen molar-refractivity contribution in [3.05, 3.63) is 0 Å². The van der Waals surface area contributed by atoms with Gasteiger partial charge in [-0.1, -0.05) is 41.0 Å². The zero-order valence-corrected chi connectivity index (χ0v) is 11.0. The van der Waals surface area contributed by atoms with Gasteiger partial charge >= 0.3 is 0 Å². The summed E-state index contributed by atoms with van der Waals surface area (Å²) in [5, 5.41) is 0. The van der Waals surface area contributed by atoms with E-state index in [1.54, 1.807) is 0 Å². The SMILES string of the molecule is CCN[SiH](NCC)C(C)C(C)CC. The molecule has 13 heavy (non-hydrogen) atoms. The van der Waals surface area contributed by atoms with Crippen molar-refractivity contribution in [2.45, 2.75) is 46.6 Å². The summed E-state index contributed by atoms with van der Waals surface area (Å²) < 4.78 is 0. The van der Waals surface area contributed by atoms with E-state index in [0.29, 0.717) is 0 Å². The maximum absolute atomic E-state index is 3.63. The topological polar surface area (TPSA) is 24.1 Å². The standard InChI is InChI=1S/C10H26N2Si/c1-6-9(4)10(5)13(11-7-2)12-8-3/h9-13H,6-8H2,1-5H3. The average molecular weight is 202 g/mol. The van der Waals surface area contributed by atoms with Crippen LogP contribution in [0, 0.1) is 5.92 Å². The lowest BCUT2D eigenvalue weighted by molar-refractivity contribution is 0.522. The number of hydrogen-bond donors (Lipinski definition) is 2. The first-order chi connectivity index (χ1) is 6.17. The van der Waals surface area contributed by atoms with Crippen LogP contribution < -0.4 is 9.96 Å². The van der Waals surface area contributed by atoms with Gasteiger partial charge in [0.15, 0.2) is 9.12 Å². The van der Waals surface area contributed by atoms with Gasteiger partial charge in [0, 0.05) is 0 Å². The third kappa shape index (κ3) is 4.79. The Morgan fingerprint density at radius 2 is 1.46 bits per heavy atom. The molecule has 0 radical (unpaired) electrons. The monoisotopic (exact) mass is 202 g/mol. The van der Waals surface area contributed by atoms with Crippen LogP contribution in [0.5, 0.6) is 0 Å². The molecule has 0 saturated carbocycles. The fourth-order valence-corrected chi connectivity index (χ4v) is 4.28. The second kappa shape index (κ2) is 7.53. The van der Waals surface area contributed by atoms with Crippen molar-refractivity contribution in [3.63, 3.8) is 0 Å². The molecule has 0 aromatic carbocycles. The number of rotatable bonds is 7. The molecule has 0 saturated heterocycles. The van der Waals surface area contributed by atoms with Gasteiger partial charge in [-0.3, -0.25) is 0 Å². The third-order valence-corrected chi connectivity index (χ3v) is 6.32. The zero-order chi connectivity index (χ0) is 10.3. The van der Waals surface area contributed by atoms with Crippen molar-refractivity contribution in [3.8, 4) is 0 Å². The Morgan fingerprint density at radius 3 is 1.77 bits per heavy atom. The Hall–Kier alpha value is 0.137. The molecule has 0 spiro atoms. The molecule has 0 aliphatic heterocycles. The molecule has 3 heteroatoms. The lowest BCUT2D eigenvalue weighted by atomic mass is 10.1. The van der Waals surface area contributed by atoms with Gasteiger partial charge in [0.2, 0.25) is 0 Å². The van der Waals surface area contributed by atoms with Crippen LogP contribution >= 0.6 is 0 Å². The summed E-state index contributed by atoms with van der Waals surface area (Å²) in [5.41, 5.74) is 0.838. The first-order valence-corrected chi connectivity index (χ1v) is 7.46. The largest absolute Gasteiger partial charge is 0.328 e. The Morgan fingerprint density at radius 1 is 1.00 bits per heavy atom. The van der Waals surface area contributed by atoms with E-state index >= 15 is 0 Å². The molecular weight excluding hydrogens is 176 g/mol. The van der Waals surface area contributed by atoms with Crippen LogP contribution in [0.15, 0.2) is 0 Å². The van der Waals surface area contributed by atoms with Crippen molar-refractivity contribution in [2.75, 3.05) is 13.1 Å². The van der Waals surface area contributed by atoms with E-state index in [4.69, 9.17) is 0 Å². The highest BCUT2D eigenvalue weighted by Gasteiger charge is 2.21. The van der Waals surface area contributed by atoms with Crippen LogP contribution in [0.1, 0.15) is 41.0 Å². The van der Waals surface area contributed by atoms with Crippen LogP contribution in [0.2, 0.25) is 5.54 Å². The van der Waals surface area contributed by atoms with Gasteiger partial charge in [0.25, 0.3) is 0 Å². The van der Waals surface area contributed by atoms with Crippen LogP contribution in [0.3, 0.4) is 0 Å². The van der Waals surface area contributed by atoms with Crippen molar-refractivity contribution in [1.29, 1.82) is 0 Å². The van der Waals surface area contributed by atoms with Gasteiger partial charge < -0.3 is 9.96 Å². The van der Waals surface area contributed by atoms with Gasteiger partial charge in [-0.15, -0.1) is 0 Å². The normalized spacial score (nSPS) is 16.2. The van der Waals surface area contributed by atoms with E-state index in [1.807, 2.05) is 0 Å². The molecule has 0 bridgehead atoms. The Bertz CT molecular complexity index is 113. The quantitative estimate of drug-likeness (QED) is 0.616. The summed E-state index contributed by atoms with van der Waals surface area (Å²) in [4.78, 5) is 7.25. The van der Waals surface area contributed by atoms with Crippen molar-refractivity contribution >= 4 is 9.12 Å². The first-order valence-electron chi connectivity index (χ1n) is 5.64. The summed E-state index contributed by atoms with van der Waals surface area (Å²) in [7, 11) is -0.903. The fraction of sp³-hybridized carbons (Fsp3) is 1.00. The van der Waals surface area contributed by atoms with Gasteiger partial charge in [-0.25, -0.2) is 0 Å². The maximum atomic E-state index is 3.63. The molecular formula is C10H26N2Si. The Kier molecular flexibility index (Phi) is 7.61. The average Bonchev–Trinajstić information content (AvgIpc) is 2.15. The van der Waals surface area contributed by atoms with Crippen LogP contribution in [-0.4, -0.2) is 22.2 Å². The lowest BCUT2D eigenvalue weighted by Gasteiger charge is -2.27. The second-order valence-electron chi connectivity index (χ2n) is 3.84. The number of nitrogens with one attached hydrogen (secondary N) is 2. The van der Waals surface area contributed by atoms with Gasteiger partial charge in [-0.05, 0) is 24.5 Å².